The van der Waals surface area contributed by atoms with Crippen LogP contribution in [0.5, 0.6) is 0 Å². The van der Waals surface area contributed by atoms with Gasteiger partial charge in [0.05, 0.1) is 0 Å². The minimum Gasteiger partial charge on any atom is -0.335 e. The maximum absolute atomic E-state index is 12.1. The Hall–Kier alpha value is -0.800. The third-order valence-corrected chi connectivity index (χ3v) is 3.16. The van der Waals surface area contributed by atoms with Gasteiger partial charge in [-0.1, -0.05) is 59.6 Å². The van der Waals surface area contributed by atoms with Crippen molar-refractivity contribution >= 4 is 33.4 Å². The van der Waals surface area contributed by atoms with Gasteiger partial charge in [-0.3, -0.25) is 4.79 Å². The van der Waals surface area contributed by atoms with Crippen LogP contribution in [0.25, 0.3) is 0 Å². The van der Waals surface area contributed by atoms with Crippen molar-refractivity contribution in [3.8, 4) is 0 Å². The van der Waals surface area contributed by atoms with Crippen molar-refractivity contribution in [1.82, 2.24) is 4.90 Å². The Labute approximate surface area is 128 Å². The minimum atomic E-state index is 0.0445. The van der Waals surface area contributed by atoms with Gasteiger partial charge in [0, 0.05) is 23.4 Å². The highest BCUT2D eigenvalue weighted by Crippen LogP contribution is 2.13. The lowest BCUT2D eigenvalue weighted by Gasteiger charge is -2.23. The van der Waals surface area contributed by atoms with E-state index in [-0.39, 0.29) is 5.91 Å². The molecule has 1 aromatic rings. The van der Waals surface area contributed by atoms with Gasteiger partial charge in [0.25, 0.3) is 0 Å². The van der Waals surface area contributed by atoms with E-state index in [4.69, 9.17) is 11.6 Å². The molecule has 0 fully saturated rings. The van der Waals surface area contributed by atoms with Crippen LogP contribution in [-0.4, -0.2) is 22.7 Å². The van der Waals surface area contributed by atoms with E-state index in [1.165, 1.54) is 0 Å². The molecule has 1 rings (SSSR count). The molecule has 0 N–H and O–H groups in total. The highest BCUT2D eigenvalue weighted by molar-refractivity contribution is 9.09. The van der Waals surface area contributed by atoms with Crippen molar-refractivity contribution in [3.05, 3.63) is 47.0 Å². The summed E-state index contributed by atoms with van der Waals surface area (Å²) < 4.78 is 0. The fourth-order valence-electron chi connectivity index (χ4n) is 1.73. The topological polar surface area (TPSA) is 20.3 Å². The van der Waals surface area contributed by atoms with Gasteiger partial charge in [-0.25, -0.2) is 0 Å². The molecular weight excluding hydrogens is 326 g/mol. The quantitative estimate of drug-likeness (QED) is 0.557. The summed E-state index contributed by atoms with van der Waals surface area (Å²) in [7, 11) is 0. The second-order valence-corrected chi connectivity index (χ2v) is 5.88. The van der Waals surface area contributed by atoms with Crippen LogP contribution in [0.15, 0.2) is 36.4 Å². The molecule has 0 saturated heterocycles. The second kappa shape index (κ2) is 8.39. The summed E-state index contributed by atoms with van der Waals surface area (Å²) in [5.74, 6) is 0.483. The van der Waals surface area contributed by atoms with E-state index < -0.39 is 0 Å². The Balaban J connectivity index is 2.76. The van der Waals surface area contributed by atoms with Crippen molar-refractivity contribution in [3.63, 3.8) is 0 Å². The molecule has 1 aromatic carbocycles. The molecule has 1 amide bonds. The highest BCUT2D eigenvalue weighted by atomic mass is 79.9. The fourth-order valence-corrected chi connectivity index (χ4v) is 2.05. The van der Waals surface area contributed by atoms with Crippen molar-refractivity contribution in [2.45, 2.75) is 20.4 Å². The number of hydrogen-bond donors (Lipinski definition) is 0. The Bertz CT molecular complexity index is 428. The summed E-state index contributed by atoms with van der Waals surface area (Å²) in [6, 6.07) is 7.61. The van der Waals surface area contributed by atoms with Gasteiger partial charge in [-0.15, -0.1) is 0 Å². The average Bonchev–Trinajstić information content (AvgIpc) is 2.37. The number of carbonyl (C=O) groups is 1. The van der Waals surface area contributed by atoms with Gasteiger partial charge >= 0.3 is 0 Å². The van der Waals surface area contributed by atoms with Gasteiger partial charge < -0.3 is 4.90 Å². The maximum Gasteiger partial charge on any atom is 0.246 e. The van der Waals surface area contributed by atoms with E-state index in [2.05, 4.69) is 29.8 Å². The molecule has 4 heteroatoms. The molecule has 0 unspecified atom stereocenters. The SMILES string of the molecule is CC(C)CN(Cc1ccc(Cl)cc1)C(=O)/C=C/CBr. The summed E-state index contributed by atoms with van der Waals surface area (Å²) >= 11 is 9.15. The molecule has 0 saturated carbocycles. The zero-order valence-corrected chi connectivity index (χ0v) is 13.6. The predicted octanol–water partition coefficient (Wildman–Crippen LogP) is 4.28. The number of carbonyl (C=O) groups excluding carboxylic acids is 1. The molecule has 0 aliphatic carbocycles. The number of rotatable bonds is 6. The Morgan fingerprint density at radius 1 is 1.37 bits per heavy atom. The first-order chi connectivity index (χ1) is 9.02. The first-order valence-corrected chi connectivity index (χ1v) is 7.78. The van der Waals surface area contributed by atoms with Crippen molar-refractivity contribution in [2.75, 3.05) is 11.9 Å². The molecular formula is C15H19BrClNO. The van der Waals surface area contributed by atoms with Gasteiger partial charge in [0.2, 0.25) is 5.91 Å². The number of allylic oxidation sites excluding steroid dienone is 1. The fraction of sp³-hybridized carbons (Fsp3) is 0.400. The molecule has 104 valence electrons. The smallest absolute Gasteiger partial charge is 0.246 e. The van der Waals surface area contributed by atoms with Crippen LogP contribution >= 0.6 is 27.5 Å². The van der Waals surface area contributed by atoms with E-state index in [9.17, 15) is 4.79 Å². The third-order valence-electron chi connectivity index (χ3n) is 2.53. The van der Waals surface area contributed by atoms with Gasteiger partial charge in [-0.2, -0.15) is 0 Å². The van der Waals surface area contributed by atoms with E-state index in [1.54, 1.807) is 6.08 Å². The monoisotopic (exact) mass is 343 g/mol. The van der Waals surface area contributed by atoms with Crippen LogP contribution in [0.2, 0.25) is 5.02 Å². The Kier molecular flexibility index (Phi) is 7.17. The summed E-state index contributed by atoms with van der Waals surface area (Å²) in [6.07, 6.45) is 3.44. The number of benzene rings is 1. The Morgan fingerprint density at radius 3 is 2.53 bits per heavy atom. The van der Waals surface area contributed by atoms with Gasteiger partial charge in [-0.05, 0) is 29.7 Å². The number of nitrogens with zero attached hydrogens (tertiary/aromatic N) is 1. The maximum atomic E-state index is 12.1. The van der Waals surface area contributed by atoms with Crippen LogP contribution in [0.4, 0.5) is 0 Å². The summed E-state index contributed by atoms with van der Waals surface area (Å²) in [4.78, 5) is 14.0. The lowest BCUT2D eigenvalue weighted by Crippen LogP contribution is -2.32. The Morgan fingerprint density at radius 2 is 2.00 bits per heavy atom. The predicted molar refractivity (Wildman–Crippen MR) is 84.6 cm³/mol. The lowest BCUT2D eigenvalue weighted by molar-refractivity contribution is -0.127. The molecule has 0 atom stereocenters. The molecule has 0 aromatic heterocycles. The zero-order valence-electron chi connectivity index (χ0n) is 11.3. The van der Waals surface area contributed by atoms with E-state index in [1.807, 2.05) is 35.2 Å². The van der Waals surface area contributed by atoms with Crippen molar-refractivity contribution in [1.29, 1.82) is 0 Å². The standard InChI is InChI=1S/C15H19BrClNO/c1-12(2)10-18(15(19)4-3-9-16)11-13-5-7-14(17)8-6-13/h3-8,12H,9-11H2,1-2H3/b4-3+. The van der Waals surface area contributed by atoms with Crippen LogP contribution in [-0.2, 0) is 11.3 Å². The lowest BCUT2D eigenvalue weighted by atomic mass is 10.1. The molecule has 19 heavy (non-hydrogen) atoms. The normalized spacial score (nSPS) is 11.2. The summed E-state index contributed by atoms with van der Waals surface area (Å²) in [5.41, 5.74) is 1.09. The number of amides is 1. The van der Waals surface area contributed by atoms with Crippen LogP contribution in [0, 0.1) is 5.92 Å². The van der Waals surface area contributed by atoms with Crippen LogP contribution in [0.3, 0.4) is 0 Å². The number of alkyl halides is 1. The number of hydrogen-bond acceptors (Lipinski definition) is 1. The van der Waals surface area contributed by atoms with Gasteiger partial charge in [0.1, 0.15) is 0 Å². The molecule has 0 heterocycles. The summed E-state index contributed by atoms with van der Waals surface area (Å²) in [6.45, 7) is 5.57. The third kappa shape index (κ3) is 6.26. The molecule has 0 spiro atoms. The number of halogens is 2. The molecule has 0 radical (unpaired) electrons. The largest absolute Gasteiger partial charge is 0.335 e. The minimum absolute atomic E-state index is 0.0445. The van der Waals surface area contributed by atoms with Crippen LogP contribution in [0.1, 0.15) is 19.4 Å². The first kappa shape index (κ1) is 16.3. The van der Waals surface area contributed by atoms with E-state index in [0.29, 0.717) is 22.8 Å². The van der Waals surface area contributed by atoms with E-state index in [0.717, 1.165) is 12.1 Å². The van der Waals surface area contributed by atoms with Gasteiger partial charge in [0.15, 0.2) is 0 Å². The first-order valence-electron chi connectivity index (χ1n) is 6.28. The van der Waals surface area contributed by atoms with E-state index >= 15 is 0 Å². The van der Waals surface area contributed by atoms with Crippen molar-refractivity contribution < 1.29 is 4.79 Å². The van der Waals surface area contributed by atoms with Crippen molar-refractivity contribution in [2.24, 2.45) is 5.92 Å². The highest BCUT2D eigenvalue weighted by Gasteiger charge is 2.12. The molecule has 0 aliphatic rings. The molecule has 0 bridgehead atoms. The second-order valence-electron chi connectivity index (χ2n) is 4.80. The molecule has 2 nitrogen and oxygen atoms in total. The zero-order chi connectivity index (χ0) is 14.3. The average molecular weight is 345 g/mol. The molecule has 0 aliphatic heterocycles. The summed E-state index contributed by atoms with van der Waals surface area (Å²) in [5, 5.41) is 1.40. The van der Waals surface area contributed by atoms with Crippen LogP contribution < -0.4 is 0 Å².